The predicted molar refractivity (Wildman–Crippen MR) is 91.4 cm³/mol. The Morgan fingerprint density at radius 1 is 1.48 bits per heavy atom. The highest BCUT2D eigenvalue weighted by molar-refractivity contribution is 7.89. The Morgan fingerprint density at radius 2 is 2.28 bits per heavy atom. The number of esters is 1. The van der Waals surface area contributed by atoms with Crippen LogP contribution < -0.4 is 10.5 Å². The van der Waals surface area contributed by atoms with Gasteiger partial charge in [0, 0.05) is 11.7 Å². The van der Waals surface area contributed by atoms with Gasteiger partial charge < -0.3 is 10.5 Å². The van der Waals surface area contributed by atoms with Gasteiger partial charge in [-0.2, -0.15) is 5.10 Å². The first-order valence-electron chi connectivity index (χ1n) is 8.03. The lowest BCUT2D eigenvalue weighted by atomic mass is 9.88. The second kappa shape index (κ2) is 6.85. The number of rotatable bonds is 5. The van der Waals surface area contributed by atoms with E-state index in [1.54, 1.807) is 13.0 Å². The normalized spacial score (nSPS) is 17.1. The lowest BCUT2D eigenvalue weighted by Crippen LogP contribution is -2.32. The number of sulfonamides is 1. The fourth-order valence-electron chi connectivity index (χ4n) is 3.04. The van der Waals surface area contributed by atoms with E-state index in [2.05, 4.69) is 14.9 Å². The summed E-state index contributed by atoms with van der Waals surface area (Å²) in [6.07, 6.45) is 3.52. The topological polar surface area (TPSA) is 127 Å². The van der Waals surface area contributed by atoms with Crippen molar-refractivity contribution >= 4 is 21.7 Å². The van der Waals surface area contributed by atoms with Crippen LogP contribution in [0.15, 0.2) is 29.4 Å². The molecule has 0 aliphatic heterocycles. The minimum atomic E-state index is -3.96. The van der Waals surface area contributed by atoms with Crippen molar-refractivity contribution in [3.63, 3.8) is 0 Å². The Bertz CT molecular complexity index is 891. The second-order valence-electron chi connectivity index (χ2n) is 5.86. The molecule has 0 amide bonds. The van der Waals surface area contributed by atoms with Crippen molar-refractivity contribution in [2.75, 3.05) is 12.3 Å². The number of benzene rings is 1. The first-order chi connectivity index (χ1) is 11.9. The van der Waals surface area contributed by atoms with Crippen LogP contribution in [0, 0.1) is 0 Å². The summed E-state index contributed by atoms with van der Waals surface area (Å²) in [4.78, 5) is 11.9. The number of anilines is 1. The van der Waals surface area contributed by atoms with Gasteiger partial charge in [0.15, 0.2) is 5.03 Å². The Hall–Kier alpha value is -2.39. The number of hydrogen-bond acceptors (Lipinski definition) is 6. The van der Waals surface area contributed by atoms with Crippen LogP contribution in [-0.2, 0) is 21.2 Å². The zero-order chi connectivity index (χ0) is 18.0. The number of carbonyl (C=O) groups is 1. The molecule has 1 aliphatic rings. The standard InChI is InChI=1S/C16H20N4O4S/c1-2-24-16(21)13-9-18-19-15(13)25(22,23)20-14-5-3-4-10-8-11(17)6-7-12(10)14/h6-9,14,20H,2-5,17H2,1H3,(H,18,19). The average Bonchev–Trinajstić information content (AvgIpc) is 3.05. The van der Waals surface area contributed by atoms with Crippen LogP contribution in [0.1, 0.15) is 47.3 Å². The highest BCUT2D eigenvalue weighted by atomic mass is 32.2. The minimum Gasteiger partial charge on any atom is -0.462 e. The number of aryl methyl sites for hydroxylation is 1. The molecule has 0 saturated heterocycles. The molecule has 3 rings (SSSR count). The minimum absolute atomic E-state index is 0.109. The van der Waals surface area contributed by atoms with Gasteiger partial charge in [-0.15, -0.1) is 0 Å². The molecule has 1 unspecified atom stereocenters. The van der Waals surface area contributed by atoms with Crippen LogP contribution in [0.5, 0.6) is 0 Å². The van der Waals surface area contributed by atoms with Crippen molar-refractivity contribution in [1.82, 2.24) is 14.9 Å². The van der Waals surface area contributed by atoms with Crippen molar-refractivity contribution in [1.29, 1.82) is 0 Å². The Morgan fingerprint density at radius 3 is 3.04 bits per heavy atom. The van der Waals surface area contributed by atoms with Crippen LogP contribution in [0.2, 0.25) is 0 Å². The molecule has 0 bridgehead atoms. The Labute approximate surface area is 145 Å². The summed E-state index contributed by atoms with van der Waals surface area (Å²) < 4.78 is 33.0. The third-order valence-electron chi connectivity index (χ3n) is 4.15. The number of aromatic nitrogens is 2. The summed E-state index contributed by atoms with van der Waals surface area (Å²) in [5.41, 5.74) is 8.29. The van der Waals surface area contributed by atoms with Crippen LogP contribution >= 0.6 is 0 Å². The van der Waals surface area contributed by atoms with Gasteiger partial charge in [0.05, 0.1) is 12.8 Å². The molecular weight excluding hydrogens is 344 g/mol. The number of H-pyrrole nitrogens is 1. The van der Waals surface area contributed by atoms with Gasteiger partial charge in [-0.1, -0.05) is 6.07 Å². The lowest BCUT2D eigenvalue weighted by Gasteiger charge is -2.26. The number of hydrogen-bond donors (Lipinski definition) is 3. The quantitative estimate of drug-likeness (QED) is 0.545. The van der Waals surface area contributed by atoms with E-state index >= 15 is 0 Å². The van der Waals surface area contributed by atoms with E-state index in [0.29, 0.717) is 12.1 Å². The molecule has 2 aromatic rings. The maximum atomic E-state index is 12.8. The summed E-state index contributed by atoms with van der Waals surface area (Å²) in [5, 5.41) is 5.78. The molecule has 4 N–H and O–H groups in total. The summed E-state index contributed by atoms with van der Waals surface area (Å²) >= 11 is 0. The SMILES string of the molecule is CCOC(=O)c1cn[nH]c1S(=O)(=O)NC1CCCc2cc(N)ccc21. The highest BCUT2D eigenvalue weighted by Gasteiger charge is 2.30. The molecule has 134 valence electrons. The smallest absolute Gasteiger partial charge is 0.342 e. The van der Waals surface area contributed by atoms with Crippen LogP contribution in [0.4, 0.5) is 5.69 Å². The first kappa shape index (κ1) is 17.4. The van der Waals surface area contributed by atoms with Gasteiger partial charge in [0.2, 0.25) is 0 Å². The van der Waals surface area contributed by atoms with E-state index in [4.69, 9.17) is 10.5 Å². The van der Waals surface area contributed by atoms with Gasteiger partial charge in [-0.05, 0) is 49.4 Å². The molecule has 1 aromatic carbocycles. The average molecular weight is 364 g/mol. The number of nitrogens with two attached hydrogens (primary N) is 1. The third-order valence-corrected chi connectivity index (χ3v) is 5.59. The number of aromatic amines is 1. The molecule has 0 spiro atoms. The summed E-state index contributed by atoms with van der Waals surface area (Å²) in [6.45, 7) is 1.80. The van der Waals surface area contributed by atoms with Crippen molar-refractivity contribution in [2.24, 2.45) is 0 Å². The molecule has 8 nitrogen and oxygen atoms in total. The van der Waals surface area contributed by atoms with Crippen LogP contribution in [-0.4, -0.2) is 31.2 Å². The fourth-order valence-corrected chi connectivity index (χ4v) is 4.37. The molecule has 25 heavy (non-hydrogen) atoms. The van der Waals surface area contributed by atoms with Crippen LogP contribution in [0.25, 0.3) is 0 Å². The molecule has 1 aromatic heterocycles. The number of ether oxygens (including phenoxy) is 1. The molecule has 1 atom stereocenters. The zero-order valence-electron chi connectivity index (χ0n) is 13.8. The third kappa shape index (κ3) is 3.52. The van der Waals surface area contributed by atoms with E-state index in [1.165, 1.54) is 0 Å². The Balaban J connectivity index is 1.89. The largest absolute Gasteiger partial charge is 0.462 e. The van der Waals surface area contributed by atoms with E-state index in [0.717, 1.165) is 30.2 Å². The molecule has 1 heterocycles. The molecule has 1 aliphatic carbocycles. The van der Waals surface area contributed by atoms with Gasteiger partial charge in [-0.25, -0.2) is 17.9 Å². The summed E-state index contributed by atoms with van der Waals surface area (Å²) in [5.74, 6) is -0.728. The zero-order valence-corrected chi connectivity index (χ0v) is 14.6. The monoisotopic (exact) mass is 364 g/mol. The van der Waals surface area contributed by atoms with Crippen molar-refractivity contribution < 1.29 is 17.9 Å². The summed E-state index contributed by atoms with van der Waals surface area (Å²) in [7, 11) is -3.96. The lowest BCUT2D eigenvalue weighted by molar-refractivity contribution is 0.0522. The maximum Gasteiger partial charge on any atom is 0.342 e. The van der Waals surface area contributed by atoms with Crippen molar-refractivity contribution in [3.8, 4) is 0 Å². The van der Waals surface area contributed by atoms with Gasteiger partial charge >= 0.3 is 5.97 Å². The first-order valence-corrected chi connectivity index (χ1v) is 9.52. The van der Waals surface area contributed by atoms with Crippen molar-refractivity contribution in [3.05, 3.63) is 41.1 Å². The van der Waals surface area contributed by atoms with E-state index < -0.39 is 16.0 Å². The number of carbonyl (C=O) groups excluding carboxylic acids is 1. The van der Waals surface area contributed by atoms with Gasteiger partial charge in [0.1, 0.15) is 5.56 Å². The number of nitrogen functional groups attached to an aromatic ring is 1. The maximum absolute atomic E-state index is 12.8. The van der Waals surface area contributed by atoms with E-state index in [-0.39, 0.29) is 23.2 Å². The predicted octanol–water partition coefficient (Wildman–Crippen LogP) is 1.52. The highest BCUT2D eigenvalue weighted by Crippen LogP contribution is 2.32. The molecule has 9 heteroatoms. The van der Waals surface area contributed by atoms with E-state index in [1.807, 2.05) is 12.1 Å². The van der Waals surface area contributed by atoms with E-state index in [9.17, 15) is 13.2 Å². The van der Waals surface area contributed by atoms with Gasteiger partial charge in [0.25, 0.3) is 10.0 Å². The Kier molecular flexibility index (Phi) is 4.78. The summed E-state index contributed by atoms with van der Waals surface area (Å²) in [6, 6.07) is 5.09. The number of nitrogens with one attached hydrogen (secondary N) is 2. The second-order valence-corrected chi connectivity index (χ2v) is 7.51. The molecule has 0 saturated carbocycles. The number of nitrogens with zero attached hydrogens (tertiary/aromatic N) is 1. The number of fused-ring (bicyclic) bond motifs is 1. The van der Waals surface area contributed by atoms with Gasteiger partial charge in [-0.3, -0.25) is 5.10 Å². The molecule has 0 radical (unpaired) electrons. The molecule has 0 fully saturated rings. The molecular formula is C16H20N4O4S. The van der Waals surface area contributed by atoms with Crippen molar-refractivity contribution in [2.45, 2.75) is 37.3 Å². The van der Waals surface area contributed by atoms with Crippen LogP contribution in [0.3, 0.4) is 0 Å². The fraction of sp³-hybridized carbons (Fsp3) is 0.375.